The number of allylic oxidation sites excluding steroid dienone is 2. The smallest absolute Gasteiger partial charge is 0.224 e. The van der Waals surface area contributed by atoms with Crippen molar-refractivity contribution in [1.29, 1.82) is 0 Å². The molecule has 0 spiro atoms. The van der Waals surface area contributed by atoms with Gasteiger partial charge in [0.25, 0.3) is 0 Å². The maximum Gasteiger partial charge on any atom is 0.224 e. The van der Waals surface area contributed by atoms with Gasteiger partial charge in [-0.25, -0.2) is 0 Å². The van der Waals surface area contributed by atoms with Crippen LogP contribution in [0.1, 0.15) is 24.8 Å². The van der Waals surface area contributed by atoms with Gasteiger partial charge in [-0.15, -0.1) is 0 Å². The summed E-state index contributed by atoms with van der Waals surface area (Å²) in [6.07, 6.45) is 7.29. The predicted molar refractivity (Wildman–Crippen MR) is 79.3 cm³/mol. The molecule has 0 aliphatic heterocycles. The average Bonchev–Trinajstić information content (AvgIpc) is 2.93. The molecule has 4 heteroatoms. The van der Waals surface area contributed by atoms with Gasteiger partial charge in [0.05, 0.1) is 6.42 Å². The molecule has 0 saturated heterocycles. The molecule has 2 N–H and O–H groups in total. The standard InChI is InChI=1S/C16H20N2O2/c1-17-15(19)10-13-6-8-14(9-7-13)18-16(20)11-12-4-2-3-5-12/h2,4,6-9,12H,3,5,10-11H2,1H3,(H,17,19)(H,18,20). The van der Waals surface area contributed by atoms with Crippen LogP contribution in [0, 0.1) is 5.92 Å². The van der Waals surface area contributed by atoms with Crippen LogP contribution in [-0.2, 0) is 16.0 Å². The highest BCUT2D eigenvalue weighted by molar-refractivity contribution is 5.91. The molecular formula is C16H20N2O2. The summed E-state index contributed by atoms with van der Waals surface area (Å²) >= 11 is 0. The molecule has 0 heterocycles. The van der Waals surface area contributed by atoms with Crippen molar-refractivity contribution in [3.8, 4) is 0 Å². The first-order valence-corrected chi connectivity index (χ1v) is 6.93. The normalized spacial score (nSPS) is 16.9. The van der Waals surface area contributed by atoms with Crippen molar-refractivity contribution in [2.24, 2.45) is 5.92 Å². The van der Waals surface area contributed by atoms with E-state index in [1.165, 1.54) is 0 Å². The van der Waals surface area contributed by atoms with Gasteiger partial charge in [-0.1, -0.05) is 24.3 Å². The van der Waals surface area contributed by atoms with E-state index >= 15 is 0 Å². The molecular weight excluding hydrogens is 252 g/mol. The van der Waals surface area contributed by atoms with Gasteiger partial charge in [0.2, 0.25) is 11.8 Å². The molecule has 2 rings (SSSR count). The fourth-order valence-corrected chi connectivity index (χ4v) is 2.30. The molecule has 4 nitrogen and oxygen atoms in total. The number of nitrogens with one attached hydrogen (secondary N) is 2. The minimum atomic E-state index is -0.0187. The van der Waals surface area contributed by atoms with Crippen molar-refractivity contribution in [3.05, 3.63) is 42.0 Å². The molecule has 0 aromatic heterocycles. The highest BCUT2D eigenvalue weighted by Gasteiger charge is 2.13. The molecule has 20 heavy (non-hydrogen) atoms. The number of carbonyl (C=O) groups is 2. The number of hydrogen-bond donors (Lipinski definition) is 2. The summed E-state index contributed by atoms with van der Waals surface area (Å²) in [7, 11) is 1.62. The number of benzene rings is 1. The van der Waals surface area contributed by atoms with E-state index in [1.807, 2.05) is 24.3 Å². The molecule has 1 aliphatic rings. The Kier molecular flexibility index (Phi) is 4.93. The summed E-state index contributed by atoms with van der Waals surface area (Å²) in [5.74, 6) is 0.401. The van der Waals surface area contributed by atoms with Crippen molar-refractivity contribution in [3.63, 3.8) is 0 Å². The minimum Gasteiger partial charge on any atom is -0.359 e. The Labute approximate surface area is 119 Å². The maximum atomic E-state index is 11.9. The second-order valence-electron chi connectivity index (χ2n) is 5.06. The van der Waals surface area contributed by atoms with Crippen molar-refractivity contribution < 1.29 is 9.59 Å². The monoisotopic (exact) mass is 272 g/mol. The molecule has 1 atom stereocenters. The van der Waals surface area contributed by atoms with E-state index in [-0.39, 0.29) is 11.8 Å². The number of hydrogen-bond acceptors (Lipinski definition) is 2. The summed E-state index contributed by atoms with van der Waals surface area (Å²) in [5, 5.41) is 5.48. The van der Waals surface area contributed by atoms with Crippen molar-refractivity contribution >= 4 is 17.5 Å². The lowest BCUT2D eigenvalue weighted by molar-refractivity contribution is -0.120. The Bertz CT molecular complexity index is 506. The largest absolute Gasteiger partial charge is 0.359 e. The van der Waals surface area contributed by atoms with Crippen LogP contribution in [0.15, 0.2) is 36.4 Å². The topological polar surface area (TPSA) is 58.2 Å². The Balaban J connectivity index is 1.85. The molecule has 106 valence electrons. The molecule has 1 aromatic carbocycles. The van der Waals surface area contributed by atoms with Gasteiger partial charge >= 0.3 is 0 Å². The number of carbonyl (C=O) groups excluding carboxylic acids is 2. The van der Waals surface area contributed by atoms with Gasteiger partial charge in [0.1, 0.15) is 0 Å². The summed E-state index contributed by atoms with van der Waals surface area (Å²) in [4.78, 5) is 23.1. The predicted octanol–water partition coefficient (Wildman–Crippen LogP) is 2.27. The van der Waals surface area contributed by atoms with Gasteiger partial charge in [-0.3, -0.25) is 9.59 Å². The number of likely N-dealkylation sites (N-methyl/N-ethyl adjacent to an activating group) is 1. The highest BCUT2D eigenvalue weighted by Crippen LogP contribution is 2.21. The molecule has 1 aliphatic carbocycles. The van der Waals surface area contributed by atoms with Crippen LogP contribution in [0.2, 0.25) is 0 Å². The fourth-order valence-electron chi connectivity index (χ4n) is 2.30. The lowest BCUT2D eigenvalue weighted by Crippen LogP contribution is -2.20. The van der Waals surface area contributed by atoms with Crippen LogP contribution in [0.25, 0.3) is 0 Å². The lowest BCUT2D eigenvalue weighted by atomic mass is 10.0. The first kappa shape index (κ1) is 14.3. The Morgan fingerprint density at radius 1 is 1.20 bits per heavy atom. The van der Waals surface area contributed by atoms with Gasteiger partial charge in [0, 0.05) is 19.2 Å². The van der Waals surface area contributed by atoms with E-state index in [2.05, 4.69) is 22.8 Å². The first-order valence-electron chi connectivity index (χ1n) is 6.93. The van der Waals surface area contributed by atoms with E-state index in [0.29, 0.717) is 18.8 Å². The van der Waals surface area contributed by atoms with E-state index in [0.717, 1.165) is 24.1 Å². The maximum absolute atomic E-state index is 11.9. The SMILES string of the molecule is CNC(=O)Cc1ccc(NC(=O)CC2C=CCC2)cc1. The Morgan fingerprint density at radius 2 is 1.95 bits per heavy atom. The van der Waals surface area contributed by atoms with E-state index in [9.17, 15) is 9.59 Å². The van der Waals surface area contributed by atoms with Gasteiger partial charge in [0.15, 0.2) is 0 Å². The van der Waals surface area contributed by atoms with Crippen molar-refractivity contribution in [1.82, 2.24) is 5.32 Å². The van der Waals surface area contributed by atoms with Crippen LogP contribution >= 0.6 is 0 Å². The van der Waals surface area contributed by atoms with Gasteiger partial charge in [-0.05, 0) is 36.5 Å². The molecule has 2 amide bonds. The molecule has 0 fully saturated rings. The number of rotatable bonds is 5. The summed E-state index contributed by atoms with van der Waals surface area (Å²) < 4.78 is 0. The van der Waals surface area contributed by atoms with Crippen LogP contribution in [0.5, 0.6) is 0 Å². The molecule has 1 aromatic rings. The minimum absolute atomic E-state index is 0.0187. The third kappa shape index (κ3) is 4.23. The molecule has 0 bridgehead atoms. The van der Waals surface area contributed by atoms with Crippen LogP contribution in [-0.4, -0.2) is 18.9 Å². The van der Waals surface area contributed by atoms with Crippen molar-refractivity contribution in [2.75, 3.05) is 12.4 Å². The third-order valence-corrected chi connectivity index (χ3v) is 3.44. The van der Waals surface area contributed by atoms with Gasteiger partial charge < -0.3 is 10.6 Å². The average molecular weight is 272 g/mol. The van der Waals surface area contributed by atoms with Crippen LogP contribution in [0.3, 0.4) is 0 Å². The highest BCUT2D eigenvalue weighted by atomic mass is 16.2. The summed E-state index contributed by atoms with van der Waals surface area (Å²) in [6.45, 7) is 0. The lowest BCUT2D eigenvalue weighted by Gasteiger charge is -2.09. The fraction of sp³-hybridized carbons (Fsp3) is 0.375. The Hall–Kier alpha value is -2.10. The summed E-state index contributed by atoms with van der Waals surface area (Å²) in [6, 6.07) is 7.39. The summed E-state index contributed by atoms with van der Waals surface area (Å²) in [5.41, 5.74) is 1.71. The number of amides is 2. The van der Waals surface area contributed by atoms with Crippen LogP contribution in [0.4, 0.5) is 5.69 Å². The van der Waals surface area contributed by atoms with Crippen molar-refractivity contribution in [2.45, 2.75) is 25.7 Å². The second kappa shape index (κ2) is 6.89. The van der Waals surface area contributed by atoms with E-state index in [4.69, 9.17) is 0 Å². The molecule has 1 unspecified atom stereocenters. The van der Waals surface area contributed by atoms with E-state index < -0.39 is 0 Å². The zero-order valence-corrected chi connectivity index (χ0v) is 11.7. The molecule has 0 radical (unpaired) electrons. The molecule has 0 saturated carbocycles. The zero-order chi connectivity index (χ0) is 14.4. The van der Waals surface area contributed by atoms with Gasteiger partial charge in [-0.2, -0.15) is 0 Å². The quantitative estimate of drug-likeness (QED) is 0.808. The third-order valence-electron chi connectivity index (χ3n) is 3.44. The Morgan fingerprint density at radius 3 is 2.55 bits per heavy atom. The zero-order valence-electron chi connectivity index (χ0n) is 11.7. The first-order chi connectivity index (χ1) is 9.67. The second-order valence-corrected chi connectivity index (χ2v) is 5.06. The van der Waals surface area contributed by atoms with Crippen LogP contribution < -0.4 is 10.6 Å². The van der Waals surface area contributed by atoms with E-state index in [1.54, 1.807) is 7.05 Å². The number of anilines is 1.